The van der Waals surface area contributed by atoms with Gasteiger partial charge in [0.05, 0.1) is 6.61 Å². The van der Waals surface area contributed by atoms with Gasteiger partial charge in [-0.05, 0) is 31.2 Å². The second kappa shape index (κ2) is 7.54. The molecule has 0 bridgehead atoms. The lowest BCUT2D eigenvalue weighted by molar-refractivity contribution is -0.207. The molecule has 0 aromatic heterocycles. The third-order valence-corrected chi connectivity index (χ3v) is 3.08. The van der Waals surface area contributed by atoms with Crippen LogP contribution in [0.1, 0.15) is 20.3 Å². The van der Waals surface area contributed by atoms with Crippen LogP contribution in [0.3, 0.4) is 0 Å². The standard InChI is InChI=1S/C14H16ClF3N2O3/c1-3-11(21)20-13(14(16,17)18,12(22)23-4-2)19-10-7-5-9(15)6-8-10/h5-8,19H,3-4H2,1-2H3,(H,20,21). The number of alkyl halides is 3. The third-order valence-electron chi connectivity index (χ3n) is 2.83. The lowest BCUT2D eigenvalue weighted by Crippen LogP contribution is -2.69. The van der Waals surface area contributed by atoms with Gasteiger partial charge in [0.25, 0.3) is 0 Å². The highest BCUT2D eigenvalue weighted by atomic mass is 35.5. The zero-order valence-corrected chi connectivity index (χ0v) is 13.2. The molecule has 0 aliphatic heterocycles. The normalized spacial score (nSPS) is 13.8. The summed E-state index contributed by atoms with van der Waals surface area (Å²) in [4.78, 5) is 23.5. The number of carbonyl (C=O) groups is 2. The first kappa shape index (κ1) is 19.1. The van der Waals surface area contributed by atoms with Crippen molar-refractivity contribution < 1.29 is 27.5 Å². The van der Waals surface area contributed by atoms with Crippen molar-refractivity contribution in [1.82, 2.24) is 5.32 Å². The zero-order valence-electron chi connectivity index (χ0n) is 12.5. The monoisotopic (exact) mass is 352 g/mol. The highest BCUT2D eigenvalue weighted by Gasteiger charge is 2.63. The van der Waals surface area contributed by atoms with Crippen LogP contribution in [0.25, 0.3) is 0 Å². The molecular formula is C14H16ClF3N2O3. The van der Waals surface area contributed by atoms with Crippen LogP contribution in [-0.4, -0.2) is 30.3 Å². The van der Waals surface area contributed by atoms with Crippen LogP contribution in [0.4, 0.5) is 18.9 Å². The highest BCUT2D eigenvalue weighted by molar-refractivity contribution is 6.30. The molecule has 1 rings (SSSR count). The number of amides is 1. The van der Waals surface area contributed by atoms with E-state index in [-0.39, 0.29) is 18.7 Å². The fraction of sp³-hybridized carbons (Fsp3) is 0.429. The number of esters is 1. The van der Waals surface area contributed by atoms with Crippen LogP contribution >= 0.6 is 11.6 Å². The number of halogens is 4. The summed E-state index contributed by atoms with van der Waals surface area (Å²) >= 11 is 5.68. The van der Waals surface area contributed by atoms with E-state index in [9.17, 15) is 22.8 Å². The summed E-state index contributed by atoms with van der Waals surface area (Å²) in [6.45, 7) is 2.45. The topological polar surface area (TPSA) is 67.4 Å². The number of hydrogen-bond acceptors (Lipinski definition) is 4. The Morgan fingerprint density at radius 3 is 2.17 bits per heavy atom. The van der Waals surface area contributed by atoms with E-state index in [0.29, 0.717) is 5.02 Å². The van der Waals surface area contributed by atoms with E-state index in [1.165, 1.54) is 38.1 Å². The number of nitrogens with one attached hydrogen (secondary N) is 2. The summed E-state index contributed by atoms with van der Waals surface area (Å²) in [7, 11) is 0. The van der Waals surface area contributed by atoms with Gasteiger partial charge in [-0.15, -0.1) is 0 Å². The number of benzene rings is 1. The van der Waals surface area contributed by atoms with Gasteiger partial charge in [0.1, 0.15) is 0 Å². The average molecular weight is 353 g/mol. The van der Waals surface area contributed by atoms with Crippen molar-refractivity contribution in [3.8, 4) is 0 Å². The Hall–Kier alpha value is -1.96. The van der Waals surface area contributed by atoms with Crippen LogP contribution in [-0.2, 0) is 14.3 Å². The molecule has 0 radical (unpaired) electrons. The fourth-order valence-corrected chi connectivity index (χ4v) is 1.80. The van der Waals surface area contributed by atoms with Gasteiger partial charge in [0, 0.05) is 17.1 Å². The summed E-state index contributed by atoms with van der Waals surface area (Å²) in [5.74, 6) is -2.61. The number of anilines is 1. The maximum absolute atomic E-state index is 13.6. The summed E-state index contributed by atoms with van der Waals surface area (Å²) in [6.07, 6.45) is -5.37. The minimum atomic E-state index is -5.14. The van der Waals surface area contributed by atoms with Crippen molar-refractivity contribution >= 4 is 29.2 Å². The molecule has 1 aromatic carbocycles. The maximum atomic E-state index is 13.6. The van der Waals surface area contributed by atoms with Crippen LogP contribution in [0.5, 0.6) is 0 Å². The third kappa shape index (κ3) is 4.51. The van der Waals surface area contributed by atoms with Crippen molar-refractivity contribution in [2.75, 3.05) is 11.9 Å². The van der Waals surface area contributed by atoms with E-state index in [1.54, 1.807) is 5.32 Å². The Balaban J connectivity index is 3.32. The number of ether oxygens (including phenoxy) is 1. The molecule has 23 heavy (non-hydrogen) atoms. The molecule has 0 fully saturated rings. The van der Waals surface area contributed by atoms with E-state index in [0.717, 1.165) is 0 Å². The molecule has 1 amide bonds. The Labute approximate surface area is 136 Å². The van der Waals surface area contributed by atoms with E-state index in [1.807, 2.05) is 5.32 Å². The number of rotatable bonds is 6. The van der Waals surface area contributed by atoms with E-state index in [2.05, 4.69) is 4.74 Å². The predicted octanol–water partition coefficient (Wildman–Crippen LogP) is 3.10. The molecule has 0 aliphatic rings. The molecule has 1 unspecified atom stereocenters. The molecule has 0 aliphatic carbocycles. The van der Waals surface area contributed by atoms with Gasteiger partial charge in [-0.3, -0.25) is 4.79 Å². The van der Waals surface area contributed by atoms with Crippen LogP contribution in [0.15, 0.2) is 24.3 Å². The van der Waals surface area contributed by atoms with Gasteiger partial charge < -0.3 is 15.4 Å². The molecule has 128 valence electrons. The quantitative estimate of drug-likeness (QED) is 0.610. The van der Waals surface area contributed by atoms with Crippen LogP contribution in [0.2, 0.25) is 5.02 Å². The molecule has 0 saturated carbocycles. The van der Waals surface area contributed by atoms with E-state index in [4.69, 9.17) is 11.6 Å². The molecule has 0 saturated heterocycles. The van der Waals surface area contributed by atoms with Crippen molar-refractivity contribution in [3.05, 3.63) is 29.3 Å². The van der Waals surface area contributed by atoms with Crippen molar-refractivity contribution in [2.24, 2.45) is 0 Å². The Morgan fingerprint density at radius 2 is 1.74 bits per heavy atom. The average Bonchev–Trinajstić information content (AvgIpc) is 2.47. The van der Waals surface area contributed by atoms with Crippen molar-refractivity contribution in [2.45, 2.75) is 32.1 Å². The second-order valence-corrected chi connectivity index (χ2v) is 4.94. The molecule has 5 nitrogen and oxygen atoms in total. The number of hydrogen-bond donors (Lipinski definition) is 2. The summed E-state index contributed by atoms with van der Waals surface area (Å²) in [6, 6.07) is 5.19. The summed E-state index contributed by atoms with van der Waals surface area (Å²) < 4.78 is 45.3. The van der Waals surface area contributed by atoms with Gasteiger partial charge in [-0.25, -0.2) is 4.79 Å². The zero-order chi connectivity index (χ0) is 17.7. The first-order chi connectivity index (χ1) is 10.7. The molecule has 9 heteroatoms. The molecule has 0 spiro atoms. The SMILES string of the molecule is CCOC(=O)C(NC(=O)CC)(Nc1ccc(Cl)cc1)C(F)(F)F. The molecule has 1 atom stereocenters. The van der Waals surface area contributed by atoms with E-state index >= 15 is 0 Å². The molecule has 0 heterocycles. The van der Waals surface area contributed by atoms with Gasteiger partial charge in [-0.1, -0.05) is 18.5 Å². The first-order valence-electron chi connectivity index (χ1n) is 6.75. The van der Waals surface area contributed by atoms with Crippen LogP contribution < -0.4 is 10.6 Å². The van der Waals surface area contributed by atoms with E-state index < -0.39 is 23.7 Å². The fourth-order valence-electron chi connectivity index (χ4n) is 1.68. The predicted molar refractivity (Wildman–Crippen MR) is 78.9 cm³/mol. The smallest absolute Gasteiger partial charge is 0.441 e. The van der Waals surface area contributed by atoms with Gasteiger partial charge in [-0.2, -0.15) is 13.2 Å². The van der Waals surface area contributed by atoms with Gasteiger partial charge in [0.15, 0.2) is 0 Å². The Morgan fingerprint density at radius 1 is 1.17 bits per heavy atom. The Kier molecular flexibility index (Phi) is 6.26. The van der Waals surface area contributed by atoms with Crippen LogP contribution in [0, 0.1) is 0 Å². The van der Waals surface area contributed by atoms with Gasteiger partial charge >= 0.3 is 17.8 Å². The largest absolute Gasteiger partial charge is 0.463 e. The molecular weight excluding hydrogens is 337 g/mol. The second-order valence-electron chi connectivity index (χ2n) is 4.50. The summed E-state index contributed by atoms with van der Waals surface area (Å²) in [5.41, 5.74) is -3.44. The number of carbonyl (C=O) groups excluding carboxylic acids is 2. The summed E-state index contributed by atoms with van der Waals surface area (Å²) in [5, 5.41) is 4.01. The first-order valence-corrected chi connectivity index (χ1v) is 7.12. The highest BCUT2D eigenvalue weighted by Crippen LogP contribution is 2.33. The molecule has 1 aromatic rings. The minimum Gasteiger partial charge on any atom is -0.463 e. The Bertz CT molecular complexity index is 563. The molecule has 2 N–H and O–H groups in total. The maximum Gasteiger partial charge on any atom is 0.441 e. The minimum absolute atomic E-state index is 0.0591. The van der Waals surface area contributed by atoms with Crippen molar-refractivity contribution in [3.63, 3.8) is 0 Å². The lowest BCUT2D eigenvalue weighted by atomic mass is 10.1. The van der Waals surface area contributed by atoms with Crippen molar-refractivity contribution in [1.29, 1.82) is 0 Å². The lowest BCUT2D eigenvalue weighted by Gasteiger charge is -2.35. The van der Waals surface area contributed by atoms with Gasteiger partial charge in [0.2, 0.25) is 5.91 Å².